The van der Waals surface area contributed by atoms with Gasteiger partial charge in [-0.3, -0.25) is 0 Å². The molecule has 1 N–H and O–H groups in total. The Morgan fingerprint density at radius 1 is 1.20 bits per heavy atom. The molecule has 0 spiro atoms. The van der Waals surface area contributed by atoms with Crippen LogP contribution in [0, 0.1) is 0 Å². The van der Waals surface area contributed by atoms with Crippen LogP contribution >= 0.6 is 0 Å². The summed E-state index contributed by atoms with van der Waals surface area (Å²) < 4.78 is 11.1. The van der Waals surface area contributed by atoms with Crippen molar-refractivity contribution in [2.75, 3.05) is 18.5 Å². The van der Waals surface area contributed by atoms with E-state index in [9.17, 15) is 4.79 Å². The summed E-state index contributed by atoms with van der Waals surface area (Å²) in [7, 11) is 0. The fourth-order valence-corrected chi connectivity index (χ4v) is 4.04. The van der Waals surface area contributed by atoms with Gasteiger partial charge < -0.3 is 19.7 Å². The lowest BCUT2D eigenvalue weighted by Gasteiger charge is -2.35. The molecule has 0 radical (unpaired) electrons. The molecule has 2 amide bonds. The summed E-state index contributed by atoms with van der Waals surface area (Å²) >= 11 is 0. The van der Waals surface area contributed by atoms with E-state index in [4.69, 9.17) is 9.47 Å². The van der Waals surface area contributed by atoms with Crippen molar-refractivity contribution in [1.82, 2.24) is 14.9 Å². The van der Waals surface area contributed by atoms with Crippen LogP contribution in [0.1, 0.15) is 30.1 Å². The Balaban J connectivity index is 1.39. The van der Waals surface area contributed by atoms with E-state index in [2.05, 4.69) is 15.3 Å². The van der Waals surface area contributed by atoms with Crippen molar-refractivity contribution in [3.8, 4) is 11.5 Å². The maximum Gasteiger partial charge on any atom is 0.322 e. The van der Waals surface area contributed by atoms with E-state index in [0.717, 1.165) is 30.5 Å². The second kappa shape index (κ2) is 5.61. The number of amides is 2. The Bertz CT molecular complexity index is 841. The first-order chi connectivity index (χ1) is 12.3. The third kappa shape index (κ3) is 2.38. The molecular weight excluding hydrogens is 320 g/mol. The van der Waals surface area contributed by atoms with Crippen molar-refractivity contribution in [3.63, 3.8) is 0 Å². The average Bonchev–Trinajstić information content (AvgIpc) is 2.97. The number of anilines is 1. The Labute approximate surface area is 145 Å². The quantitative estimate of drug-likeness (QED) is 0.865. The fourth-order valence-electron chi connectivity index (χ4n) is 4.04. The van der Waals surface area contributed by atoms with Gasteiger partial charge in [-0.1, -0.05) is 0 Å². The van der Waals surface area contributed by atoms with Crippen LogP contribution in [0.4, 0.5) is 10.5 Å². The fraction of sp³-hybridized carbons (Fsp3) is 0.389. The highest BCUT2D eigenvalue weighted by atomic mass is 16.6. The van der Waals surface area contributed by atoms with Crippen LogP contribution in [-0.2, 0) is 6.42 Å². The van der Waals surface area contributed by atoms with Gasteiger partial charge in [-0.05, 0) is 25.0 Å². The van der Waals surface area contributed by atoms with Gasteiger partial charge in [0.15, 0.2) is 11.5 Å². The number of carbonyl (C=O) groups is 1. The molecular formula is C18H18N4O3. The van der Waals surface area contributed by atoms with Gasteiger partial charge in [0.1, 0.15) is 19.5 Å². The van der Waals surface area contributed by atoms with Crippen molar-refractivity contribution < 1.29 is 14.3 Å². The van der Waals surface area contributed by atoms with Crippen molar-refractivity contribution in [3.05, 3.63) is 42.0 Å². The molecule has 0 aliphatic carbocycles. The maximum absolute atomic E-state index is 12.9. The van der Waals surface area contributed by atoms with Crippen LogP contribution < -0.4 is 14.8 Å². The number of hydrogen-bond acceptors (Lipinski definition) is 5. The zero-order valence-corrected chi connectivity index (χ0v) is 13.6. The topological polar surface area (TPSA) is 76.6 Å². The number of aromatic nitrogens is 2. The number of fused-ring (bicyclic) bond motifs is 5. The number of nitrogens with zero attached hydrogens (tertiary/aromatic N) is 3. The molecule has 4 heterocycles. The number of ether oxygens (including phenoxy) is 2. The third-order valence-electron chi connectivity index (χ3n) is 5.15. The van der Waals surface area contributed by atoms with Gasteiger partial charge in [0.05, 0.1) is 11.7 Å². The molecule has 5 rings (SSSR count). The highest BCUT2D eigenvalue weighted by Gasteiger charge is 2.43. The Kier molecular flexibility index (Phi) is 3.26. The first-order valence-electron chi connectivity index (χ1n) is 8.57. The van der Waals surface area contributed by atoms with Gasteiger partial charge in [-0.15, -0.1) is 0 Å². The molecule has 3 aliphatic heterocycles. The molecule has 2 aromatic rings. The summed E-state index contributed by atoms with van der Waals surface area (Å²) in [6.45, 7) is 1.08. The zero-order valence-electron chi connectivity index (χ0n) is 13.6. The minimum Gasteiger partial charge on any atom is -0.486 e. The van der Waals surface area contributed by atoms with E-state index in [-0.39, 0.29) is 18.1 Å². The zero-order chi connectivity index (χ0) is 16.8. The van der Waals surface area contributed by atoms with E-state index in [0.29, 0.717) is 30.4 Å². The average molecular weight is 338 g/mol. The minimum absolute atomic E-state index is 0.0622. The highest BCUT2D eigenvalue weighted by Crippen LogP contribution is 2.43. The van der Waals surface area contributed by atoms with Crippen molar-refractivity contribution in [1.29, 1.82) is 0 Å². The molecule has 2 unspecified atom stereocenters. The predicted octanol–water partition coefficient (Wildman–Crippen LogP) is 2.54. The summed E-state index contributed by atoms with van der Waals surface area (Å²) in [5, 5.41) is 3.00. The molecule has 2 atom stereocenters. The lowest BCUT2D eigenvalue weighted by Crippen LogP contribution is -2.44. The number of carbonyl (C=O) groups excluding carboxylic acids is 1. The van der Waals surface area contributed by atoms with E-state index in [1.54, 1.807) is 6.33 Å². The summed E-state index contributed by atoms with van der Waals surface area (Å²) in [6.07, 6.45) is 6.18. The van der Waals surface area contributed by atoms with Crippen LogP contribution in [0.25, 0.3) is 0 Å². The number of urea groups is 1. The van der Waals surface area contributed by atoms with Crippen molar-refractivity contribution in [2.45, 2.75) is 31.3 Å². The van der Waals surface area contributed by atoms with Gasteiger partial charge in [-0.25, -0.2) is 14.8 Å². The molecule has 1 saturated heterocycles. The van der Waals surface area contributed by atoms with E-state index < -0.39 is 0 Å². The third-order valence-corrected chi connectivity index (χ3v) is 5.15. The predicted molar refractivity (Wildman–Crippen MR) is 89.8 cm³/mol. The number of nitrogens with one attached hydrogen (secondary N) is 1. The summed E-state index contributed by atoms with van der Waals surface area (Å²) in [5.41, 5.74) is 2.86. The minimum atomic E-state index is -0.0846. The van der Waals surface area contributed by atoms with Gasteiger partial charge in [0, 0.05) is 36.0 Å². The highest BCUT2D eigenvalue weighted by molar-refractivity contribution is 5.90. The van der Waals surface area contributed by atoms with Gasteiger partial charge >= 0.3 is 6.03 Å². The molecule has 0 saturated carbocycles. The first kappa shape index (κ1) is 14.5. The SMILES string of the molecule is O=C(Nc1ccc2c(c1)OCCO2)N1C2CCC1c1cncnc1C2. The standard InChI is InChI=1S/C18H18N4O3/c23-18(21-11-1-4-16-17(7-11)25-6-5-24-16)22-12-2-3-15(22)13-9-19-10-20-14(13)8-12/h1,4,7,9-10,12,15H,2-3,5-6,8H2,(H,21,23). The normalized spacial score (nSPS) is 23.1. The monoisotopic (exact) mass is 338 g/mol. The molecule has 25 heavy (non-hydrogen) atoms. The first-order valence-corrected chi connectivity index (χ1v) is 8.57. The maximum atomic E-state index is 12.9. The molecule has 128 valence electrons. The molecule has 7 heteroatoms. The van der Waals surface area contributed by atoms with Crippen molar-refractivity contribution in [2.24, 2.45) is 0 Å². The van der Waals surface area contributed by atoms with Crippen molar-refractivity contribution >= 4 is 11.7 Å². The van der Waals surface area contributed by atoms with Crippen LogP contribution in [-0.4, -0.2) is 40.2 Å². The number of benzene rings is 1. The van der Waals surface area contributed by atoms with Crippen LogP contribution in [0.5, 0.6) is 11.5 Å². The molecule has 1 aromatic heterocycles. The van der Waals surface area contributed by atoms with Gasteiger partial charge in [0.25, 0.3) is 0 Å². The number of rotatable bonds is 1. The smallest absolute Gasteiger partial charge is 0.322 e. The second-order valence-corrected chi connectivity index (χ2v) is 6.57. The number of hydrogen-bond donors (Lipinski definition) is 1. The Morgan fingerprint density at radius 3 is 3.00 bits per heavy atom. The second-order valence-electron chi connectivity index (χ2n) is 6.57. The largest absolute Gasteiger partial charge is 0.486 e. The van der Waals surface area contributed by atoms with E-state index in [1.807, 2.05) is 29.3 Å². The lowest BCUT2D eigenvalue weighted by atomic mass is 10.00. The lowest BCUT2D eigenvalue weighted by molar-refractivity contribution is 0.171. The van der Waals surface area contributed by atoms with Crippen LogP contribution in [0.3, 0.4) is 0 Å². The molecule has 1 aromatic carbocycles. The van der Waals surface area contributed by atoms with Gasteiger partial charge in [-0.2, -0.15) is 0 Å². The van der Waals surface area contributed by atoms with Crippen LogP contribution in [0.15, 0.2) is 30.7 Å². The van der Waals surface area contributed by atoms with E-state index >= 15 is 0 Å². The molecule has 3 aliphatic rings. The van der Waals surface area contributed by atoms with E-state index in [1.165, 1.54) is 0 Å². The molecule has 1 fully saturated rings. The van der Waals surface area contributed by atoms with Crippen LogP contribution in [0.2, 0.25) is 0 Å². The summed E-state index contributed by atoms with van der Waals surface area (Å²) in [4.78, 5) is 23.4. The summed E-state index contributed by atoms with van der Waals surface area (Å²) in [5.74, 6) is 1.39. The molecule has 7 nitrogen and oxygen atoms in total. The Hall–Kier alpha value is -2.83. The Morgan fingerprint density at radius 2 is 2.08 bits per heavy atom. The van der Waals surface area contributed by atoms with Gasteiger partial charge in [0.2, 0.25) is 0 Å². The molecule has 2 bridgehead atoms. The summed E-state index contributed by atoms with van der Waals surface area (Å²) in [6, 6.07) is 5.66.